The Balaban J connectivity index is 1.88. The van der Waals surface area contributed by atoms with E-state index in [0.29, 0.717) is 12.2 Å². The molecule has 0 fully saturated rings. The standard InChI is InChI=1S/C16H16N4O/c1-12-15(18-14-7-3-4-9-20(12)14)16(21)19(2)11-13-6-5-8-17-10-13/h3-10H,11H2,1-2H3. The number of hydrogen-bond acceptors (Lipinski definition) is 3. The molecule has 5 nitrogen and oxygen atoms in total. The number of imidazole rings is 1. The number of pyridine rings is 2. The van der Waals surface area contributed by atoms with E-state index in [2.05, 4.69) is 9.97 Å². The van der Waals surface area contributed by atoms with E-state index in [1.807, 2.05) is 47.9 Å². The molecule has 0 N–H and O–H groups in total. The predicted molar refractivity (Wildman–Crippen MR) is 80.0 cm³/mol. The molecule has 3 aromatic rings. The fraction of sp³-hybridized carbons (Fsp3) is 0.188. The van der Waals surface area contributed by atoms with Gasteiger partial charge in [-0.05, 0) is 30.7 Å². The van der Waals surface area contributed by atoms with Gasteiger partial charge in [-0.1, -0.05) is 12.1 Å². The van der Waals surface area contributed by atoms with Gasteiger partial charge in [0.2, 0.25) is 0 Å². The Morgan fingerprint density at radius 3 is 2.86 bits per heavy atom. The molecule has 0 spiro atoms. The van der Waals surface area contributed by atoms with Gasteiger partial charge in [-0.3, -0.25) is 9.78 Å². The Hall–Kier alpha value is -2.69. The molecule has 5 heteroatoms. The fourth-order valence-electron chi connectivity index (χ4n) is 2.34. The molecule has 0 aliphatic heterocycles. The Kier molecular flexibility index (Phi) is 3.39. The van der Waals surface area contributed by atoms with E-state index < -0.39 is 0 Å². The number of amides is 1. The van der Waals surface area contributed by atoms with Crippen molar-refractivity contribution in [2.75, 3.05) is 7.05 Å². The number of carbonyl (C=O) groups is 1. The van der Waals surface area contributed by atoms with Gasteiger partial charge in [0.05, 0.1) is 5.69 Å². The molecule has 0 saturated carbocycles. The summed E-state index contributed by atoms with van der Waals surface area (Å²) in [4.78, 5) is 22.7. The molecule has 0 saturated heterocycles. The molecule has 3 rings (SSSR count). The molecule has 0 aliphatic carbocycles. The van der Waals surface area contributed by atoms with Crippen LogP contribution in [0.4, 0.5) is 0 Å². The van der Waals surface area contributed by atoms with Crippen LogP contribution in [0.15, 0.2) is 48.9 Å². The van der Waals surface area contributed by atoms with Crippen LogP contribution in [0.2, 0.25) is 0 Å². The van der Waals surface area contributed by atoms with Gasteiger partial charge in [0.15, 0.2) is 0 Å². The van der Waals surface area contributed by atoms with Gasteiger partial charge in [-0.2, -0.15) is 0 Å². The minimum Gasteiger partial charge on any atom is -0.336 e. The van der Waals surface area contributed by atoms with Crippen LogP contribution in [-0.2, 0) is 6.54 Å². The summed E-state index contributed by atoms with van der Waals surface area (Å²) >= 11 is 0. The number of rotatable bonds is 3. The number of aromatic nitrogens is 3. The highest BCUT2D eigenvalue weighted by Crippen LogP contribution is 2.14. The van der Waals surface area contributed by atoms with E-state index in [9.17, 15) is 4.79 Å². The molecule has 1 amide bonds. The molecule has 0 bridgehead atoms. The SMILES string of the molecule is Cc1c(C(=O)N(C)Cc2cccnc2)nc2ccccn12. The summed E-state index contributed by atoms with van der Waals surface area (Å²) in [5, 5.41) is 0. The first-order valence-corrected chi connectivity index (χ1v) is 6.75. The fourth-order valence-corrected chi connectivity index (χ4v) is 2.34. The van der Waals surface area contributed by atoms with Gasteiger partial charge in [0.1, 0.15) is 11.3 Å². The molecule has 0 aromatic carbocycles. The Labute approximate surface area is 122 Å². The lowest BCUT2D eigenvalue weighted by atomic mass is 10.2. The van der Waals surface area contributed by atoms with Crippen molar-refractivity contribution in [1.29, 1.82) is 0 Å². The maximum atomic E-state index is 12.6. The molecule has 106 valence electrons. The number of nitrogens with zero attached hydrogens (tertiary/aromatic N) is 4. The highest BCUT2D eigenvalue weighted by atomic mass is 16.2. The van der Waals surface area contributed by atoms with Crippen LogP contribution in [0.5, 0.6) is 0 Å². The van der Waals surface area contributed by atoms with Crippen LogP contribution in [0.3, 0.4) is 0 Å². The van der Waals surface area contributed by atoms with Gasteiger partial charge >= 0.3 is 0 Å². The Morgan fingerprint density at radius 1 is 1.29 bits per heavy atom. The second-order valence-electron chi connectivity index (χ2n) is 5.00. The summed E-state index contributed by atoms with van der Waals surface area (Å²) in [5.74, 6) is -0.0833. The average Bonchev–Trinajstić information content (AvgIpc) is 2.85. The number of aryl methyl sites for hydroxylation is 1. The zero-order chi connectivity index (χ0) is 14.8. The maximum Gasteiger partial charge on any atom is 0.274 e. The van der Waals surface area contributed by atoms with E-state index in [1.165, 1.54) is 0 Å². The van der Waals surface area contributed by atoms with Crippen molar-refractivity contribution in [3.8, 4) is 0 Å². The van der Waals surface area contributed by atoms with Gasteiger partial charge < -0.3 is 9.30 Å². The lowest BCUT2D eigenvalue weighted by Gasteiger charge is -2.16. The zero-order valence-corrected chi connectivity index (χ0v) is 12.0. The average molecular weight is 280 g/mol. The van der Waals surface area contributed by atoms with E-state index in [-0.39, 0.29) is 5.91 Å². The summed E-state index contributed by atoms with van der Waals surface area (Å²) in [7, 11) is 1.78. The smallest absolute Gasteiger partial charge is 0.274 e. The molecule has 0 radical (unpaired) electrons. The van der Waals surface area contributed by atoms with E-state index in [0.717, 1.165) is 16.9 Å². The van der Waals surface area contributed by atoms with Gasteiger partial charge in [0, 0.05) is 32.2 Å². The van der Waals surface area contributed by atoms with Gasteiger partial charge in [-0.15, -0.1) is 0 Å². The largest absolute Gasteiger partial charge is 0.336 e. The molecule has 0 aliphatic rings. The Bertz CT molecular complexity index is 779. The van der Waals surface area contributed by atoms with Crippen LogP contribution in [-0.4, -0.2) is 32.2 Å². The van der Waals surface area contributed by atoms with E-state index in [1.54, 1.807) is 24.3 Å². The van der Waals surface area contributed by atoms with E-state index >= 15 is 0 Å². The zero-order valence-electron chi connectivity index (χ0n) is 12.0. The summed E-state index contributed by atoms with van der Waals surface area (Å²) in [6, 6.07) is 9.55. The van der Waals surface area contributed by atoms with Crippen molar-refractivity contribution >= 4 is 11.6 Å². The first-order chi connectivity index (χ1) is 10.2. The van der Waals surface area contributed by atoms with Gasteiger partial charge in [0.25, 0.3) is 5.91 Å². The van der Waals surface area contributed by atoms with Crippen molar-refractivity contribution in [2.24, 2.45) is 0 Å². The van der Waals surface area contributed by atoms with Crippen LogP contribution < -0.4 is 0 Å². The predicted octanol–water partition coefficient (Wildman–Crippen LogP) is 2.31. The number of carbonyl (C=O) groups excluding carboxylic acids is 1. The minimum atomic E-state index is -0.0833. The number of fused-ring (bicyclic) bond motifs is 1. The number of hydrogen-bond donors (Lipinski definition) is 0. The van der Waals surface area contributed by atoms with Gasteiger partial charge in [-0.25, -0.2) is 4.98 Å². The second-order valence-corrected chi connectivity index (χ2v) is 5.00. The quantitative estimate of drug-likeness (QED) is 0.739. The van der Waals surface area contributed by atoms with Crippen molar-refractivity contribution in [1.82, 2.24) is 19.3 Å². The topological polar surface area (TPSA) is 50.5 Å². The summed E-state index contributed by atoms with van der Waals surface area (Å²) in [6.07, 6.45) is 5.40. The highest BCUT2D eigenvalue weighted by Gasteiger charge is 2.19. The normalized spacial score (nSPS) is 10.8. The van der Waals surface area contributed by atoms with Crippen LogP contribution >= 0.6 is 0 Å². The third kappa shape index (κ3) is 2.50. The Morgan fingerprint density at radius 2 is 2.14 bits per heavy atom. The molecule has 0 atom stereocenters. The third-order valence-corrected chi connectivity index (χ3v) is 3.46. The lowest BCUT2D eigenvalue weighted by molar-refractivity contribution is 0.0779. The summed E-state index contributed by atoms with van der Waals surface area (Å²) in [5.41, 5.74) is 3.13. The maximum absolute atomic E-state index is 12.6. The highest BCUT2D eigenvalue weighted by molar-refractivity contribution is 5.94. The first-order valence-electron chi connectivity index (χ1n) is 6.75. The van der Waals surface area contributed by atoms with Crippen molar-refractivity contribution in [2.45, 2.75) is 13.5 Å². The molecule has 0 unspecified atom stereocenters. The van der Waals surface area contributed by atoms with Crippen LogP contribution in [0, 0.1) is 6.92 Å². The van der Waals surface area contributed by atoms with Crippen LogP contribution in [0.1, 0.15) is 21.7 Å². The van der Waals surface area contributed by atoms with Crippen molar-refractivity contribution < 1.29 is 4.79 Å². The van der Waals surface area contributed by atoms with E-state index in [4.69, 9.17) is 0 Å². The third-order valence-electron chi connectivity index (χ3n) is 3.46. The van der Waals surface area contributed by atoms with Crippen molar-refractivity contribution in [3.63, 3.8) is 0 Å². The second kappa shape index (κ2) is 5.36. The van der Waals surface area contributed by atoms with Crippen LogP contribution in [0.25, 0.3) is 5.65 Å². The lowest BCUT2D eigenvalue weighted by Crippen LogP contribution is -2.27. The first kappa shape index (κ1) is 13.3. The minimum absolute atomic E-state index is 0.0833. The monoisotopic (exact) mass is 280 g/mol. The molecule has 3 heterocycles. The molecule has 3 aromatic heterocycles. The summed E-state index contributed by atoms with van der Waals surface area (Å²) in [6.45, 7) is 2.42. The molecule has 21 heavy (non-hydrogen) atoms. The molecular weight excluding hydrogens is 264 g/mol. The van der Waals surface area contributed by atoms with Crippen molar-refractivity contribution in [3.05, 3.63) is 65.9 Å². The summed E-state index contributed by atoms with van der Waals surface area (Å²) < 4.78 is 1.92. The molecular formula is C16H16N4O.